The zero-order valence-electron chi connectivity index (χ0n) is 8.13. The van der Waals surface area contributed by atoms with Gasteiger partial charge in [0.25, 0.3) is 0 Å². The third-order valence-corrected chi connectivity index (χ3v) is 2.71. The predicted octanol–water partition coefficient (Wildman–Crippen LogP) is 0.434. The predicted molar refractivity (Wildman–Crippen MR) is 50.9 cm³/mol. The van der Waals surface area contributed by atoms with Crippen LogP contribution in [0.5, 0.6) is 0 Å². The first-order valence-electron chi connectivity index (χ1n) is 4.65. The molecule has 1 saturated carbocycles. The molecule has 0 radical (unpaired) electrons. The molecule has 15 heavy (non-hydrogen) atoms. The number of rotatable bonds is 2. The molecule has 0 aromatic rings. The van der Waals surface area contributed by atoms with E-state index in [4.69, 9.17) is 10.4 Å². The molecule has 8 heteroatoms. The Morgan fingerprint density at radius 3 is 2.33 bits per heavy atom. The van der Waals surface area contributed by atoms with Crippen molar-refractivity contribution in [2.75, 3.05) is 0 Å². The molecule has 0 spiro atoms. The molecule has 1 amide bonds. The van der Waals surface area contributed by atoms with Gasteiger partial charge in [0.05, 0.1) is 6.04 Å². The van der Waals surface area contributed by atoms with Crippen molar-refractivity contribution in [2.24, 2.45) is 5.84 Å². The van der Waals surface area contributed by atoms with Crippen molar-refractivity contribution >= 4 is 16.5 Å². The molecule has 3 N–H and O–H groups in total. The average Bonchev–Trinajstić information content (AvgIpc) is 2.15. The second kappa shape index (κ2) is 4.77. The molecule has 0 aromatic carbocycles. The van der Waals surface area contributed by atoms with E-state index in [0.717, 1.165) is 37.1 Å². The first kappa shape index (κ1) is 12.2. The number of nitrogens with zero attached hydrogens (tertiary/aromatic N) is 1. The highest BCUT2D eigenvalue weighted by Crippen LogP contribution is 2.21. The van der Waals surface area contributed by atoms with Crippen LogP contribution in [-0.2, 0) is 14.6 Å². The highest BCUT2D eigenvalue weighted by molar-refractivity contribution is 7.81. The van der Waals surface area contributed by atoms with Gasteiger partial charge in [-0.2, -0.15) is 8.42 Å². The number of hydrogen-bond donors (Lipinski definition) is 2. The van der Waals surface area contributed by atoms with E-state index < -0.39 is 16.5 Å². The Hall–Kier alpha value is -0.860. The molecule has 88 valence electrons. The van der Waals surface area contributed by atoms with Gasteiger partial charge < -0.3 is 4.18 Å². The molecule has 0 atom stereocenters. The Morgan fingerprint density at radius 2 is 1.87 bits per heavy atom. The number of hydrazine groups is 1. The normalized spacial score (nSPS) is 18.5. The Labute approximate surface area is 88.1 Å². The fraction of sp³-hybridized carbons (Fsp3) is 0.857. The maximum atomic E-state index is 11.1. The second-order valence-corrected chi connectivity index (χ2v) is 4.50. The standard InChI is InChI=1S/C7H14N2O5S/c8-9(6-4-2-1-3-5-6)7(10)14-15(11,12)13/h6H,1-5,8H2,(H,11,12,13). The minimum Gasteiger partial charge on any atom is -0.305 e. The summed E-state index contributed by atoms with van der Waals surface area (Å²) in [7, 11) is -4.78. The van der Waals surface area contributed by atoms with Crippen LogP contribution < -0.4 is 5.84 Å². The summed E-state index contributed by atoms with van der Waals surface area (Å²) < 4.78 is 32.5. The highest BCUT2D eigenvalue weighted by atomic mass is 32.3. The first-order valence-corrected chi connectivity index (χ1v) is 6.01. The summed E-state index contributed by atoms with van der Waals surface area (Å²) in [4.78, 5) is 11.1. The molecule has 0 unspecified atom stereocenters. The number of carbonyl (C=O) groups is 1. The van der Waals surface area contributed by atoms with Crippen molar-refractivity contribution in [3.8, 4) is 0 Å². The molecule has 0 saturated heterocycles. The summed E-state index contributed by atoms with van der Waals surface area (Å²) in [5.41, 5.74) is 0. The maximum Gasteiger partial charge on any atom is 0.450 e. The van der Waals surface area contributed by atoms with E-state index >= 15 is 0 Å². The van der Waals surface area contributed by atoms with Crippen LogP contribution in [0.15, 0.2) is 0 Å². The van der Waals surface area contributed by atoms with E-state index in [0.29, 0.717) is 0 Å². The fourth-order valence-corrected chi connectivity index (χ4v) is 1.91. The van der Waals surface area contributed by atoms with Gasteiger partial charge in [0.1, 0.15) is 0 Å². The van der Waals surface area contributed by atoms with E-state index in [9.17, 15) is 13.2 Å². The van der Waals surface area contributed by atoms with Gasteiger partial charge in [-0.05, 0) is 12.8 Å². The number of nitrogens with two attached hydrogens (primary N) is 1. The van der Waals surface area contributed by atoms with E-state index in [2.05, 4.69) is 4.18 Å². The lowest BCUT2D eigenvalue weighted by Gasteiger charge is -2.28. The third kappa shape index (κ3) is 4.02. The molecule has 0 bridgehead atoms. The lowest BCUT2D eigenvalue weighted by Crippen LogP contribution is -2.47. The van der Waals surface area contributed by atoms with E-state index in [-0.39, 0.29) is 6.04 Å². The van der Waals surface area contributed by atoms with Crippen LogP contribution in [0.3, 0.4) is 0 Å². The van der Waals surface area contributed by atoms with E-state index in [1.807, 2.05) is 0 Å². The Kier molecular flexibility index (Phi) is 3.89. The summed E-state index contributed by atoms with van der Waals surface area (Å²) >= 11 is 0. The zero-order chi connectivity index (χ0) is 11.5. The Morgan fingerprint density at radius 1 is 1.33 bits per heavy atom. The van der Waals surface area contributed by atoms with Gasteiger partial charge in [0.15, 0.2) is 0 Å². The van der Waals surface area contributed by atoms with Crippen molar-refractivity contribution < 1.29 is 21.9 Å². The minimum atomic E-state index is -4.78. The minimum absolute atomic E-state index is 0.215. The van der Waals surface area contributed by atoms with Crippen LogP contribution in [0.1, 0.15) is 32.1 Å². The third-order valence-electron chi connectivity index (χ3n) is 2.36. The van der Waals surface area contributed by atoms with Crippen LogP contribution in [0.4, 0.5) is 4.79 Å². The van der Waals surface area contributed by atoms with Crippen LogP contribution in [0.25, 0.3) is 0 Å². The van der Waals surface area contributed by atoms with Crippen molar-refractivity contribution in [3.63, 3.8) is 0 Å². The van der Waals surface area contributed by atoms with Gasteiger partial charge >= 0.3 is 16.5 Å². The molecule has 0 heterocycles. The first-order chi connectivity index (χ1) is 6.90. The number of carbonyl (C=O) groups excluding carboxylic acids is 1. The molecule has 0 aromatic heterocycles. The van der Waals surface area contributed by atoms with Gasteiger partial charge in [-0.1, -0.05) is 19.3 Å². The fourth-order valence-electron chi connectivity index (χ4n) is 1.64. The van der Waals surface area contributed by atoms with Gasteiger partial charge in [0.2, 0.25) is 0 Å². The Bertz CT molecular complexity index is 322. The monoisotopic (exact) mass is 238 g/mol. The molecule has 1 aliphatic carbocycles. The summed E-state index contributed by atoms with van der Waals surface area (Å²) in [5, 5.41) is 0.729. The van der Waals surface area contributed by atoms with Crippen LogP contribution >= 0.6 is 0 Å². The second-order valence-electron chi connectivity index (χ2n) is 3.48. The molecule has 0 aliphatic heterocycles. The quantitative estimate of drug-likeness (QED) is 0.312. The maximum absolute atomic E-state index is 11.1. The smallest absolute Gasteiger partial charge is 0.305 e. The summed E-state index contributed by atoms with van der Waals surface area (Å²) in [6, 6.07) is -0.215. The summed E-state index contributed by atoms with van der Waals surface area (Å²) in [6.45, 7) is 0. The van der Waals surface area contributed by atoms with E-state index in [1.54, 1.807) is 0 Å². The van der Waals surface area contributed by atoms with Crippen LogP contribution in [0, 0.1) is 0 Å². The number of hydrogen-bond acceptors (Lipinski definition) is 5. The van der Waals surface area contributed by atoms with Crippen molar-refractivity contribution in [1.82, 2.24) is 5.01 Å². The molecular weight excluding hydrogens is 224 g/mol. The SMILES string of the molecule is NN(C(=O)OS(=O)(=O)O)C1CCCCC1. The van der Waals surface area contributed by atoms with Gasteiger partial charge in [-0.25, -0.2) is 15.6 Å². The van der Waals surface area contributed by atoms with Crippen molar-refractivity contribution in [2.45, 2.75) is 38.1 Å². The van der Waals surface area contributed by atoms with Crippen LogP contribution in [0.2, 0.25) is 0 Å². The molecule has 7 nitrogen and oxygen atoms in total. The summed E-state index contributed by atoms with van der Waals surface area (Å²) in [6.07, 6.45) is 3.16. The number of amides is 1. The van der Waals surface area contributed by atoms with E-state index in [1.165, 1.54) is 0 Å². The molecule has 1 aliphatic rings. The largest absolute Gasteiger partial charge is 0.450 e. The van der Waals surface area contributed by atoms with Crippen molar-refractivity contribution in [3.05, 3.63) is 0 Å². The van der Waals surface area contributed by atoms with Crippen LogP contribution in [-0.4, -0.2) is 30.1 Å². The Balaban J connectivity index is 2.51. The lowest BCUT2D eigenvalue weighted by atomic mass is 9.95. The van der Waals surface area contributed by atoms with Gasteiger partial charge in [0, 0.05) is 0 Å². The van der Waals surface area contributed by atoms with Gasteiger partial charge in [-0.3, -0.25) is 4.55 Å². The summed E-state index contributed by atoms with van der Waals surface area (Å²) in [5.74, 6) is 5.38. The molecule has 1 rings (SSSR count). The lowest BCUT2D eigenvalue weighted by molar-refractivity contribution is 0.116. The van der Waals surface area contributed by atoms with Crippen molar-refractivity contribution in [1.29, 1.82) is 0 Å². The molecular formula is C7H14N2O5S. The average molecular weight is 238 g/mol. The zero-order valence-corrected chi connectivity index (χ0v) is 8.94. The highest BCUT2D eigenvalue weighted by Gasteiger charge is 2.26. The molecule has 1 fully saturated rings. The topological polar surface area (TPSA) is 110 Å². The van der Waals surface area contributed by atoms with Gasteiger partial charge in [-0.15, -0.1) is 0 Å².